The number of pyridine rings is 1. The Hall–Kier alpha value is -1.58. The summed E-state index contributed by atoms with van der Waals surface area (Å²) in [6, 6.07) is 3.74. The summed E-state index contributed by atoms with van der Waals surface area (Å²) in [5.74, 6) is -0.511. The Morgan fingerprint density at radius 3 is 2.35 bits per heavy atom. The summed E-state index contributed by atoms with van der Waals surface area (Å²) < 4.78 is 1.81. The molecule has 0 unspecified atom stereocenters. The van der Waals surface area contributed by atoms with E-state index in [1.54, 1.807) is 6.07 Å². The molecule has 4 heteroatoms. The van der Waals surface area contributed by atoms with E-state index in [0.29, 0.717) is 18.0 Å². The van der Waals surface area contributed by atoms with Crippen molar-refractivity contribution in [1.82, 2.24) is 4.57 Å². The van der Waals surface area contributed by atoms with Gasteiger partial charge in [-0.15, -0.1) is 0 Å². The van der Waals surface area contributed by atoms with Crippen LogP contribution >= 0.6 is 0 Å². The normalized spacial score (nSPS) is 11.9. The molecule has 0 spiro atoms. The van der Waals surface area contributed by atoms with Crippen LogP contribution in [0.4, 0.5) is 0 Å². The molecule has 0 aliphatic rings. The fourth-order valence-electron chi connectivity index (χ4n) is 2.26. The Morgan fingerprint density at radius 2 is 1.90 bits per heavy atom. The van der Waals surface area contributed by atoms with E-state index in [4.69, 9.17) is 5.11 Å². The highest BCUT2D eigenvalue weighted by molar-refractivity contribution is 5.67. The first-order valence-electron chi connectivity index (χ1n) is 7.08. The van der Waals surface area contributed by atoms with Crippen molar-refractivity contribution in [3.63, 3.8) is 0 Å². The summed E-state index contributed by atoms with van der Waals surface area (Å²) in [4.78, 5) is 23.2. The minimum absolute atomic E-state index is 0.00815. The van der Waals surface area contributed by atoms with Crippen LogP contribution < -0.4 is 5.56 Å². The Morgan fingerprint density at radius 1 is 1.30 bits per heavy atom. The fraction of sp³-hybridized carbons (Fsp3) is 0.625. The lowest BCUT2D eigenvalue weighted by atomic mass is 9.90. The summed E-state index contributed by atoms with van der Waals surface area (Å²) >= 11 is 0. The molecular formula is C16H25NO3. The number of hydrogen-bond donors (Lipinski definition) is 1. The first kappa shape index (κ1) is 16.5. The standard InChI is InChI=1S/C16H25NO3/c1-11(2)10-17-13(16(3,4)5)8-6-12(15(17)20)7-9-14(18)19/h6,8,11H,7,9-10H2,1-5H3,(H,18,19). The second-order valence-corrected chi connectivity index (χ2v) is 6.70. The molecule has 0 radical (unpaired) electrons. The largest absolute Gasteiger partial charge is 0.481 e. The number of rotatable bonds is 5. The molecule has 0 fully saturated rings. The second kappa shape index (κ2) is 6.25. The van der Waals surface area contributed by atoms with Gasteiger partial charge < -0.3 is 9.67 Å². The maximum absolute atomic E-state index is 12.6. The molecule has 0 atom stereocenters. The molecular weight excluding hydrogens is 254 g/mol. The number of carboxylic acids is 1. The van der Waals surface area contributed by atoms with Gasteiger partial charge in [0.15, 0.2) is 0 Å². The van der Waals surface area contributed by atoms with Crippen LogP contribution in [-0.4, -0.2) is 15.6 Å². The Labute approximate surface area is 120 Å². The molecule has 0 saturated heterocycles. The topological polar surface area (TPSA) is 59.3 Å². The molecule has 0 bridgehead atoms. The Kier molecular flexibility index (Phi) is 5.15. The quantitative estimate of drug-likeness (QED) is 0.901. The number of hydrogen-bond acceptors (Lipinski definition) is 2. The second-order valence-electron chi connectivity index (χ2n) is 6.70. The highest BCUT2D eigenvalue weighted by Gasteiger charge is 2.20. The van der Waals surface area contributed by atoms with Crippen molar-refractivity contribution >= 4 is 5.97 Å². The van der Waals surface area contributed by atoms with Crippen molar-refractivity contribution in [3.8, 4) is 0 Å². The number of nitrogens with zero attached hydrogens (tertiary/aromatic N) is 1. The highest BCUT2D eigenvalue weighted by atomic mass is 16.4. The van der Waals surface area contributed by atoms with Crippen LogP contribution in [0.25, 0.3) is 0 Å². The minimum Gasteiger partial charge on any atom is -0.481 e. The first-order valence-corrected chi connectivity index (χ1v) is 7.08. The zero-order valence-corrected chi connectivity index (χ0v) is 13.1. The van der Waals surface area contributed by atoms with Gasteiger partial charge in [-0.2, -0.15) is 0 Å². The highest BCUT2D eigenvalue weighted by Crippen LogP contribution is 2.22. The number of aryl methyl sites for hydroxylation is 1. The number of aliphatic carboxylic acids is 1. The molecule has 1 N–H and O–H groups in total. The first-order chi connectivity index (χ1) is 9.12. The van der Waals surface area contributed by atoms with Crippen molar-refractivity contribution in [3.05, 3.63) is 33.7 Å². The van der Waals surface area contributed by atoms with Crippen LogP contribution in [0, 0.1) is 5.92 Å². The average molecular weight is 279 g/mol. The summed E-state index contributed by atoms with van der Waals surface area (Å²) in [6.07, 6.45) is 0.280. The molecule has 1 rings (SSSR count). The zero-order valence-electron chi connectivity index (χ0n) is 13.1. The molecule has 0 aromatic carbocycles. The summed E-state index contributed by atoms with van der Waals surface area (Å²) in [5.41, 5.74) is 1.42. The zero-order chi connectivity index (χ0) is 15.5. The van der Waals surface area contributed by atoms with E-state index in [0.717, 1.165) is 5.69 Å². The van der Waals surface area contributed by atoms with Crippen LogP contribution in [0.15, 0.2) is 16.9 Å². The van der Waals surface area contributed by atoms with Crippen LogP contribution in [0.3, 0.4) is 0 Å². The van der Waals surface area contributed by atoms with Gasteiger partial charge in [0.1, 0.15) is 0 Å². The molecule has 0 saturated carbocycles. The van der Waals surface area contributed by atoms with E-state index in [1.807, 2.05) is 10.6 Å². The number of aromatic nitrogens is 1. The lowest BCUT2D eigenvalue weighted by molar-refractivity contribution is -0.136. The van der Waals surface area contributed by atoms with Crippen molar-refractivity contribution in [2.75, 3.05) is 0 Å². The predicted octanol–water partition coefficient (Wildman–Crippen LogP) is 2.82. The maximum atomic E-state index is 12.6. The summed E-state index contributed by atoms with van der Waals surface area (Å²) in [5, 5.41) is 8.76. The van der Waals surface area contributed by atoms with Crippen LogP contribution in [0.1, 0.15) is 52.3 Å². The Bertz CT molecular complexity index is 536. The molecule has 4 nitrogen and oxygen atoms in total. The van der Waals surface area contributed by atoms with Gasteiger partial charge >= 0.3 is 5.97 Å². The van der Waals surface area contributed by atoms with E-state index >= 15 is 0 Å². The van der Waals surface area contributed by atoms with Gasteiger partial charge in [-0.1, -0.05) is 40.7 Å². The minimum atomic E-state index is -0.875. The van der Waals surface area contributed by atoms with Gasteiger partial charge in [-0.25, -0.2) is 0 Å². The number of carboxylic acid groups (broad SMARTS) is 1. The van der Waals surface area contributed by atoms with E-state index < -0.39 is 5.97 Å². The SMILES string of the molecule is CC(C)Cn1c(C(C)(C)C)ccc(CCC(=O)O)c1=O. The van der Waals surface area contributed by atoms with Gasteiger partial charge in [0.2, 0.25) is 0 Å². The molecule has 0 amide bonds. The third kappa shape index (κ3) is 4.22. The van der Waals surface area contributed by atoms with Crippen LogP contribution in [-0.2, 0) is 23.2 Å². The smallest absolute Gasteiger partial charge is 0.303 e. The van der Waals surface area contributed by atoms with Gasteiger partial charge in [0.25, 0.3) is 5.56 Å². The third-order valence-electron chi connectivity index (χ3n) is 3.18. The fourth-order valence-corrected chi connectivity index (χ4v) is 2.26. The van der Waals surface area contributed by atoms with Crippen molar-refractivity contribution in [1.29, 1.82) is 0 Å². The van der Waals surface area contributed by atoms with Gasteiger partial charge in [-0.05, 0) is 18.4 Å². The molecule has 1 aromatic rings. The van der Waals surface area contributed by atoms with Gasteiger partial charge in [-0.3, -0.25) is 9.59 Å². The average Bonchev–Trinajstić information content (AvgIpc) is 2.27. The van der Waals surface area contributed by atoms with E-state index in [9.17, 15) is 9.59 Å². The van der Waals surface area contributed by atoms with Crippen molar-refractivity contribution in [2.24, 2.45) is 5.92 Å². The molecule has 1 heterocycles. The predicted molar refractivity (Wildman–Crippen MR) is 80.2 cm³/mol. The monoisotopic (exact) mass is 279 g/mol. The third-order valence-corrected chi connectivity index (χ3v) is 3.18. The summed E-state index contributed by atoms with van der Waals surface area (Å²) in [6.45, 7) is 11.0. The van der Waals surface area contributed by atoms with E-state index in [-0.39, 0.29) is 23.8 Å². The summed E-state index contributed by atoms with van der Waals surface area (Å²) in [7, 11) is 0. The maximum Gasteiger partial charge on any atom is 0.303 e. The molecule has 20 heavy (non-hydrogen) atoms. The van der Waals surface area contributed by atoms with Gasteiger partial charge in [0, 0.05) is 29.6 Å². The molecule has 1 aromatic heterocycles. The van der Waals surface area contributed by atoms with Gasteiger partial charge in [0.05, 0.1) is 0 Å². The molecule has 0 aliphatic heterocycles. The van der Waals surface area contributed by atoms with E-state index in [2.05, 4.69) is 34.6 Å². The Balaban J connectivity index is 3.28. The lowest BCUT2D eigenvalue weighted by Gasteiger charge is -2.25. The molecule has 0 aliphatic carbocycles. The van der Waals surface area contributed by atoms with Crippen molar-refractivity contribution < 1.29 is 9.90 Å². The van der Waals surface area contributed by atoms with Crippen LogP contribution in [0.5, 0.6) is 0 Å². The van der Waals surface area contributed by atoms with Crippen LogP contribution in [0.2, 0.25) is 0 Å². The lowest BCUT2D eigenvalue weighted by Crippen LogP contribution is -2.33. The molecule has 112 valence electrons. The van der Waals surface area contributed by atoms with Crippen molar-refractivity contribution in [2.45, 2.75) is 59.4 Å². The van der Waals surface area contributed by atoms with E-state index in [1.165, 1.54) is 0 Å². The number of carbonyl (C=O) groups is 1.